The van der Waals surface area contributed by atoms with Crippen LogP contribution in [0.15, 0.2) is 71.9 Å². The molecular weight excluding hydrogens is 620 g/mol. The number of H-pyrrole nitrogens is 1. The second kappa shape index (κ2) is 12.0. The van der Waals surface area contributed by atoms with Gasteiger partial charge in [0.15, 0.2) is 0 Å². The number of hydrogen-bond donors (Lipinski definition) is 1. The van der Waals surface area contributed by atoms with Gasteiger partial charge >= 0.3 is 12.4 Å². The predicted molar refractivity (Wildman–Crippen MR) is 152 cm³/mol. The maximum Gasteiger partial charge on any atom is 0.423 e. The molecule has 0 bridgehead atoms. The lowest BCUT2D eigenvalue weighted by atomic mass is 10.1. The smallest absolute Gasteiger partial charge is 0.423 e. The maximum absolute atomic E-state index is 13.9. The fraction of sp³-hybridized carbons (Fsp3) is 0.300. The van der Waals surface area contributed by atoms with Crippen molar-refractivity contribution in [3.05, 3.63) is 105 Å². The second-order valence-electron chi connectivity index (χ2n) is 10.7. The highest BCUT2D eigenvalue weighted by Gasteiger charge is 2.42. The van der Waals surface area contributed by atoms with Crippen molar-refractivity contribution >= 4 is 17.5 Å². The van der Waals surface area contributed by atoms with Crippen LogP contribution in [-0.2, 0) is 18.9 Å². The van der Waals surface area contributed by atoms with Gasteiger partial charge in [-0.3, -0.25) is 9.59 Å². The topological polar surface area (TPSA) is 108 Å². The number of carbonyl (C=O) groups excluding carboxylic acids is 1. The molecule has 240 valence electrons. The fourth-order valence-corrected chi connectivity index (χ4v) is 5.60. The normalized spacial score (nSPS) is 16.8. The van der Waals surface area contributed by atoms with E-state index in [0.717, 1.165) is 29.7 Å². The van der Waals surface area contributed by atoms with Crippen LogP contribution in [0.5, 0.6) is 5.75 Å². The van der Waals surface area contributed by atoms with E-state index in [9.17, 15) is 35.9 Å². The van der Waals surface area contributed by atoms with Crippen molar-refractivity contribution in [2.75, 3.05) is 42.6 Å². The Balaban J connectivity index is 1.14. The van der Waals surface area contributed by atoms with Gasteiger partial charge in [0.2, 0.25) is 5.95 Å². The summed E-state index contributed by atoms with van der Waals surface area (Å²) in [4.78, 5) is 37.9. The lowest BCUT2D eigenvalue weighted by molar-refractivity contribution is -0.139. The molecule has 2 aliphatic heterocycles. The maximum atomic E-state index is 13.9. The number of nitrogens with zero attached hydrogens (tertiary/aromatic N) is 6. The van der Waals surface area contributed by atoms with Crippen LogP contribution >= 0.6 is 0 Å². The van der Waals surface area contributed by atoms with Crippen LogP contribution in [0, 0.1) is 0 Å². The highest BCUT2D eigenvalue weighted by Crippen LogP contribution is 2.42. The van der Waals surface area contributed by atoms with E-state index in [2.05, 4.69) is 15.1 Å². The summed E-state index contributed by atoms with van der Waals surface area (Å²) in [5, 5.41) is 5.47. The van der Waals surface area contributed by atoms with Gasteiger partial charge in [0.05, 0.1) is 23.5 Å². The number of anilines is 2. The van der Waals surface area contributed by atoms with Crippen LogP contribution in [0.2, 0.25) is 0 Å². The summed E-state index contributed by atoms with van der Waals surface area (Å²) in [7, 11) is 0. The highest BCUT2D eigenvalue weighted by atomic mass is 19.4. The van der Waals surface area contributed by atoms with Gasteiger partial charge in [-0.05, 0) is 29.3 Å². The first kappa shape index (κ1) is 30.9. The summed E-state index contributed by atoms with van der Waals surface area (Å²) >= 11 is 0. The van der Waals surface area contributed by atoms with E-state index < -0.39 is 35.1 Å². The van der Waals surface area contributed by atoms with Gasteiger partial charge in [0, 0.05) is 50.7 Å². The molecule has 0 radical (unpaired) electrons. The number of aromatic nitrogens is 4. The summed E-state index contributed by atoms with van der Waals surface area (Å²) in [5.41, 5.74) is -2.19. The predicted octanol–water partition coefficient (Wildman–Crippen LogP) is 4.70. The zero-order chi connectivity index (χ0) is 32.6. The molecule has 2 aliphatic rings. The van der Waals surface area contributed by atoms with Gasteiger partial charge in [-0.2, -0.15) is 31.4 Å². The molecule has 0 aliphatic carbocycles. The van der Waals surface area contributed by atoms with E-state index in [1.54, 1.807) is 52.3 Å². The SMILES string of the molecule is O=C(c1cccc(OC[C@H]2c3ccccc3CN2c2cn[nH]c(=O)c2C(F)(F)F)c1)N1CCN(c2ncc(C(F)(F)F)cn2)CC1. The number of aromatic amines is 1. The van der Waals surface area contributed by atoms with Crippen molar-refractivity contribution in [2.24, 2.45) is 0 Å². The number of halogens is 6. The number of amides is 1. The van der Waals surface area contributed by atoms with Crippen molar-refractivity contribution in [1.29, 1.82) is 0 Å². The van der Waals surface area contributed by atoms with Gasteiger partial charge in [-0.15, -0.1) is 0 Å². The molecule has 16 heteroatoms. The number of rotatable bonds is 6. The summed E-state index contributed by atoms with van der Waals surface area (Å²) in [6.07, 6.45) is -7.04. The number of benzene rings is 2. The lowest BCUT2D eigenvalue weighted by Gasteiger charge is -2.34. The van der Waals surface area contributed by atoms with E-state index in [4.69, 9.17) is 4.74 Å². The first-order valence-electron chi connectivity index (χ1n) is 14.1. The first-order chi connectivity index (χ1) is 21.9. The molecule has 0 unspecified atom stereocenters. The van der Waals surface area contributed by atoms with Gasteiger partial charge in [-0.1, -0.05) is 30.3 Å². The lowest BCUT2D eigenvalue weighted by Crippen LogP contribution is -2.49. The molecule has 1 fully saturated rings. The van der Waals surface area contributed by atoms with Crippen molar-refractivity contribution in [2.45, 2.75) is 24.9 Å². The van der Waals surface area contributed by atoms with Crippen molar-refractivity contribution in [1.82, 2.24) is 25.1 Å². The third-order valence-electron chi connectivity index (χ3n) is 7.86. The Hall–Kier alpha value is -5.15. The van der Waals surface area contributed by atoms with E-state index in [0.29, 0.717) is 24.4 Å². The Morgan fingerprint density at radius 2 is 1.63 bits per heavy atom. The Labute approximate surface area is 257 Å². The molecule has 4 heterocycles. The molecule has 1 amide bonds. The summed E-state index contributed by atoms with van der Waals surface area (Å²) < 4.78 is 86.3. The average molecular weight is 646 g/mol. The minimum atomic E-state index is -4.92. The standard InChI is InChI=1S/C30H25F6N7O3/c31-29(32,33)20-13-37-28(38-14-20)42-10-8-41(9-11-42)27(45)18-5-3-6-21(12-18)46-17-24-22-7-2-1-4-19(22)16-43(24)23-15-39-40-26(44)25(23)30(34,35)36/h1-7,12-15,24H,8-11,16-17H2,(H,40,44)/t24-/m0/s1. The molecule has 2 aromatic carbocycles. The molecule has 1 saturated heterocycles. The van der Waals surface area contributed by atoms with Gasteiger partial charge in [0.25, 0.3) is 11.5 Å². The third-order valence-corrected chi connectivity index (χ3v) is 7.86. The van der Waals surface area contributed by atoms with Crippen LogP contribution in [0.4, 0.5) is 38.0 Å². The van der Waals surface area contributed by atoms with Gasteiger partial charge in [0.1, 0.15) is 17.9 Å². The number of ether oxygens (including phenoxy) is 1. The Bertz CT molecular complexity index is 1790. The van der Waals surface area contributed by atoms with E-state index in [-0.39, 0.29) is 43.8 Å². The van der Waals surface area contributed by atoms with Crippen LogP contribution in [-0.4, -0.2) is 63.8 Å². The molecule has 0 spiro atoms. The zero-order valence-electron chi connectivity index (χ0n) is 23.8. The van der Waals surface area contributed by atoms with Crippen molar-refractivity contribution in [3.8, 4) is 5.75 Å². The van der Waals surface area contributed by atoms with Crippen molar-refractivity contribution < 1.29 is 35.9 Å². The highest BCUT2D eigenvalue weighted by molar-refractivity contribution is 5.94. The molecule has 6 rings (SSSR count). The zero-order valence-corrected chi connectivity index (χ0v) is 23.8. The quantitative estimate of drug-likeness (QED) is 0.301. The van der Waals surface area contributed by atoms with E-state index >= 15 is 0 Å². The minimum Gasteiger partial charge on any atom is -0.491 e. The molecule has 1 N–H and O–H groups in total. The molecule has 4 aromatic rings. The number of piperazine rings is 1. The molecule has 10 nitrogen and oxygen atoms in total. The van der Waals surface area contributed by atoms with E-state index in [1.165, 1.54) is 11.0 Å². The van der Waals surface area contributed by atoms with Gasteiger partial charge < -0.3 is 19.4 Å². The second-order valence-corrected chi connectivity index (χ2v) is 10.7. The molecule has 46 heavy (non-hydrogen) atoms. The fourth-order valence-electron chi connectivity index (χ4n) is 5.60. The number of carbonyl (C=O) groups is 1. The van der Waals surface area contributed by atoms with Crippen LogP contribution in [0.1, 0.15) is 38.7 Å². The first-order valence-corrected chi connectivity index (χ1v) is 14.1. The van der Waals surface area contributed by atoms with Crippen LogP contribution in [0.25, 0.3) is 0 Å². The number of fused-ring (bicyclic) bond motifs is 1. The summed E-state index contributed by atoms with van der Waals surface area (Å²) in [6.45, 7) is 1.16. The monoisotopic (exact) mass is 645 g/mol. The molecular formula is C30H25F6N7O3. The average Bonchev–Trinajstić information content (AvgIpc) is 3.41. The third kappa shape index (κ3) is 6.19. The number of hydrogen-bond acceptors (Lipinski definition) is 8. The Kier molecular flexibility index (Phi) is 8.04. The Morgan fingerprint density at radius 1 is 0.913 bits per heavy atom. The van der Waals surface area contributed by atoms with E-state index in [1.807, 2.05) is 5.10 Å². The number of alkyl halides is 6. The molecule has 2 aromatic heterocycles. The summed E-state index contributed by atoms with van der Waals surface area (Å²) in [5.74, 6) is 0.152. The van der Waals surface area contributed by atoms with Gasteiger partial charge in [-0.25, -0.2) is 15.1 Å². The largest absolute Gasteiger partial charge is 0.491 e. The molecule has 1 atom stereocenters. The minimum absolute atomic E-state index is 0.0927. The molecule has 0 saturated carbocycles. The van der Waals surface area contributed by atoms with Crippen LogP contribution in [0.3, 0.4) is 0 Å². The Morgan fingerprint density at radius 3 is 2.33 bits per heavy atom. The summed E-state index contributed by atoms with van der Waals surface area (Å²) in [6, 6.07) is 12.8. The van der Waals surface area contributed by atoms with Crippen molar-refractivity contribution in [3.63, 3.8) is 0 Å². The van der Waals surface area contributed by atoms with Crippen LogP contribution < -0.4 is 20.1 Å². The number of nitrogens with one attached hydrogen (secondary N) is 1.